The summed E-state index contributed by atoms with van der Waals surface area (Å²) in [6.07, 6.45) is 1.46. The zero-order valence-corrected chi connectivity index (χ0v) is 18.5. The van der Waals surface area contributed by atoms with Gasteiger partial charge in [0, 0.05) is 16.7 Å². The van der Waals surface area contributed by atoms with Crippen molar-refractivity contribution >= 4 is 64.1 Å². The lowest BCUT2D eigenvalue weighted by molar-refractivity contribution is -0.122. The second-order valence-corrected chi connectivity index (χ2v) is 7.35. The van der Waals surface area contributed by atoms with E-state index in [0.717, 1.165) is 4.90 Å². The SMILES string of the molecule is CCOc1ccc(/C=C2/C(=O)NC(=S)N(c3ccc(Cl)cc3Cl)C2=O)c(OCC)c1. The van der Waals surface area contributed by atoms with Crippen molar-refractivity contribution in [1.29, 1.82) is 0 Å². The van der Waals surface area contributed by atoms with Gasteiger partial charge in [-0.3, -0.25) is 19.8 Å². The molecule has 0 aromatic heterocycles. The Morgan fingerprint density at radius 1 is 1.07 bits per heavy atom. The smallest absolute Gasteiger partial charge is 0.270 e. The number of anilines is 1. The molecule has 0 aliphatic carbocycles. The Labute approximate surface area is 189 Å². The van der Waals surface area contributed by atoms with Crippen molar-refractivity contribution in [2.75, 3.05) is 18.1 Å². The number of carbonyl (C=O) groups excluding carboxylic acids is 2. The number of carbonyl (C=O) groups is 2. The van der Waals surface area contributed by atoms with Crippen LogP contribution in [0, 0.1) is 0 Å². The molecule has 2 aromatic rings. The zero-order chi connectivity index (χ0) is 21.8. The number of thiocarbonyl (C=S) groups is 1. The van der Waals surface area contributed by atoms with Crippen molar-refractivity contribution in [3.63, 3.8) is 0 Å². The van der Waals surface area contributed by atoms with E-state index in [2.05, 4.69) is 5.32 Å². The minimum absolute atomic E-state index is 0.0666. The zero-order valence-electron chi connectivity index (χ0n) is 16.2. The quantitative estimate of drug-likeness (QED) is 0.383. The summed E-state index contributed by atoms with van der Waals surface area (Å²) < 4.78 is 11.2. The summed E-state index contributed by atoms with van der Waals surface area (Å²) in [4.78, 5) is 26.9. The summed E-state index contributed by atoms with van der Waals surface area (Å²) in [5, 5.41) is 3.10. The van der Waals surface area contributed by atoms with Crippen LogP contribution in [-0.4, -0.2) is 30.1 Å². The predicted molar refractivity (Wildman–Crippen MR) is 121 cm³/mol. The van der Waals surface area contributed by atoms with Crippen molar-refractivity contribution in [3.8, 4) is 11.5 Å². The van der Waals surface area contributed by atoms with E-state index < -0.39 is 11.8 Å². The highest BCUT2D eigenvalue weighted by molar-refractivity contribution is 7.80. The largest absolute Gasteiger partial charge is 0.494 e. The monoisotopic (exact) mass is 464 g/mol. The number of halogens is 2. The average Bonchev–Trinajstić information content (AvgIpc) is 2.68. The molecule has 0 atom stereocenters. The molecule has 0 bridgehead atoms. The molecule has 0 radical (unpaired) electrons. The molecule has 2 aromatic carbocycles. The molecule has 1 fully saturated rings. The van der Waals surface area contributed by atoms with Crippen molar-refractivity contribution in [2.24, 2.45) is 0 Å². The molecule has 1 aliphatic rings. The van der Waals surface area contributed by atoms with Gasteiger partial charge in [-0.25, -0.2) is 0 Å². The van der Waals surface area contributed by atoms with E-state index in [1.165, 1.54) is 12.1 Å². The van der Waals surface area contributed by atoms with Crippen LogP contribution in [0.3, 0.4) is 0 Å². The van der Waals surface area contributed by atoms with Crippen molar-refractivity contribution < 1.29 is 19.1 Å². The number of amides is 2. The molecule has 156 valence electrons. The fourth-order valence-corrected chi connectivity index (χ4v) is 3.63. The van der Waals surface area contributed by atoms with Gasteiger partial charge in [0.15, 0.2) is 5.11 Å². The fraction of sp³-hybridized carbons (Fsp3) is 0.190. The molecule has 1 heterocycles. The Kier molecular flexibility index (Phi) is 6.97. The maximum Gasteiger partial charge on any atom is 0.270 e. The molecule has 0 saturated carbocycles. The second-order valence-electron chi connectivity index (χ2n) is 6.12. The Morgan fingerprint density at radius 3 is 2.47 bits per heavy atom. The van der Waals surface area contributed by atoms with E-state index in [0.29, 0.717) is 41.0 Å². The number of nitrogens with zero attached hydrogens (tertiary/aromatic N) is 1. The molecule has 9 heteroatoms. The Bertz CT molecular complexity index is 1060. The lowest BCUT2D eigenvalue weighted by Crippen LogP contribution is -2.54. The van der Waals surface area contributed by atoms with E-state index in [1.807, 2.05) is 13.8 Å². The number of rotatable bonds is 6. The minimum atomic E-state index is -0.609. The maximum absolute atomic E-state index is 13.2. The predicted octanol–water partition coefficient (Wildman–Crippen LogP) is 4.62. The molecule has 6 nitrogen and oxygen atoms in total. The minimum Gasteiger partial charge on any atom is -0.494 e. The number of hydrogen-bond acceptors (Lipinski definition) is 5. The molecule has 3 rings (SSSR count). The first-order valence-corrected chi connectivity index (χ1v) is 10.3. The molecule has 0 unspecified atom stereocenters. The van der Waals surface area contributed by atoms with Gasteiger partial charge in [0.25, 0.3) is 11.8 Å². The van der Waals surface area contributed by atoms with Gasteiger partial charge in [0.1, 0.15) is 17.1 Å². The lowest BCUT2D eigenvalue weighted by Gasteiger charge is -2.29. The fourth-order valence-electron chi connectivity index (χ4n) is 2.87. The van der Waals surface area contributed by atoms with Crippen molar-refractivity contribution in [2.45, 2.75) is 13.8 Å². The third-order valence-electron chi connectivity index (χ3n) is 4.15. The molecule has 1 aliphatic heterocycles. The van der Waals surface area contributed by atoms with Gasteiger partial charge in [-0.2, -0.15) is 0 Å². The van der Waals surface area contributed by atoms with E-state index in [1.54, 1.807) is 30.3 Å². The van der Waals surface area contributed by atoms with Gasteiger partial charge in [0.05, 0.1) is 23.9 Å². The number of hydrogen-bond donors (Lipinski definition) is 1. The molecular formula is C21H18Cl2N2O4S. The van der Waals surface area contributed by atoms with Crippen LogP contribution in [-0.2, 0) is 9.59 Å². The van der Waals surface area contributed by atoms with E-state index in [9.17, 15) is 9.59 Å². The standard InChI is InChI=1S/C21H18Cl2N2O4S/c1-3-28-14-7-5-12(18(11-14)29-4-2)9-15-19(26)24-21(30)25(20(15)27)17-8-6-13(22)10-16(17)23/h5-11H,3-4H2,1-2H3,(H,24,26,30)/b15-9-. The van der Waals surface area contributed by atoms with Crippen LogP contribution in [0.15, 0.2) is 42.0 Å². The Morgan fingerprint density at radius 2 is 1.80 bits per heavy atom. The number of nitrogens with one attached hydrogen (secondary N) is 1. The summed E-state index contributed by atoms with van der Waals surface area (Å²) in [5.41, 5.74) is 0.757. The summed E-state index contributed by atoms with van der Waals surface area (Å²) in [6.45, 7) is 4.62. The summed E-state index contributed by atoms with van der Waals surface area (Å²) in [6, 6.07) is 9.81. The van der Waals surface area contributed by atoms with Gasteiger partial charge in [-0.1, -0.05) is 23.2 Å². The van der Waals surface area contributed by atoms with Gasteiger partial charge in [-0.15, -0.1) is 0 Å². The third-order valence-corrected chi connectivity index (χ3v) is 4.97. The van der Waals surface area contributed by atoms with Crippen LogP contribution in [0.4, 0.5) is 5.69 Å². The first-order chi connectivity index (χ1) is 14.3. The van der Waals surface area contributed by atoms with Crippen LogP contribution in [0.25, 0.3) is 6.08 Å². The maximum atomic E-state index is 13.2. The van der Waals surface area contributed by atoms with Crippen LogP contribution in [0.2, 0.25) is 10.0 Å². The highest BCUT2D eigenvalue weighted by atomic mass is 35.5. The number of benzene rings is 2. The second kappa shape index (κ2) is 9.47. The van der Waals surface area contributed by atoms with E-state index in [4.69, 9.17) is 44.9 Å². The van der Waals surface area contributed by atoms with Crippen LogP contribution < -0.4 is 19.7 Å². The summed E-state index contributed by atoms with van der Waals surface area (Å²) >= 11 is 17.4. The summed E-state index contributed by atoms with van der Waals surface area (Å²) in [7, 11) is 0. The topological polar surface area (TPSA) is 67.9 Å². The molecule has 0 spiro atoms. The Balaban J connectivity index is 2.04. The molecule has 1 saturated heterocycles. The van der Waals surface area contributed by atoms with Gasteiger partial charge in [-0.05, 0) is 62.5 Å². The lowest BCUT2D eigenvalue weighted by atomic mass is 10.1. The first kappa shape index (κ1) is 22.1. The molecular weight excluding hydrogens is 447 g/mol. The van der Waals surface area contributed by atoms with Crippen LogP contribution >= 0.6 is 35.4 Å². The van der Waals surface area contributed by atoms with Gasteiger partial charge >= 0.3 is 0 Å². The van der Waals surface area contributed by atoms with Crippen LogP contribution in [0.5, 0.6) is 11.5 Å². The normalized spacial score (nSPS) is 15.4. The molecule has 30 heavy (non-hydrogen) atoms. The van der Waals surface area contributed by atoms with Gasteiger partial charge in [0.2, 0.25) is 0 Å². The van der Waals surface area contributed by atoms with Crippen molar-refractivity contribution in [3.05, 3.63) is 57.6 Å². The van der Waals surface area contributed by atoms with E-state index in [-0.39, 0.29) is 15.7 Å². The third kappa shape index (κ3) is 4.59. The molecule has 2 amide bonds. The van der Waals surface area contributed by atoms with Crippen molar-refractivity contribution in [1.82, 2.24) is 5.32 Å². The van der Waals surface area contributed by atoms with Gasteiger partial charge < -0.3 is 9.47 Å². The highest BCUT2D eigenvalue weighted by Gasteiger charge is 2.35. The van der Waals surface area contributed by atoms with E-state index >= 15 is 0 Å². The molecule has 1 N–H and O–H groups in total. The highest BCUT2D eigenvalue weighted by Crippen LogP contribution is 2.33. The summed E-state index contributed by atoms with van der Waals surface area (Å²) in [5.74, 6) is -0.106. The number of ether oxygens (including phenoxy) is 2. The first-order valence-electron chi connectivity index (χ1n) is 9.11. The van der Waals surface area contributed by atoms with Crippen LogP contribution in [0.1, 0.15) is 19.4 Å². The Hall–Kier alpha value is -2.61. The average molecular weight is 465 g/mol.